The van der Waals surface area contributed by atoms with Crippen molar-refractivity contribution in [3.63, 3.8) is 0 Å². The molecule has 3 nitrogen and oxygen atoms in total. The molecule has 0 saturated heterocycles. The molecule has 1 atom stereocenters. The molecule has 1 unspecified atom stereocenters. The summed E-state index contributed by atoms with van der Waals surface area (Å²) in [5.41, 5.74) is 7.51. The Morgan fingerprint density at radius 2 is 1.68 bits per heavy atom. The van der Waals surface area contributed by atoms with Crippen LogP contribution in [0.4, 0.5) is 11.4 Å². The quantitative estimate of drug-likeness (QED) is 0.707. The van der Waals surface area contributed by atoms with Crippen molar-refractivity contribution in [2.45, 2.75) is 39.2 Å². The van der Waals surface area contributed by atoms with E-state index in [1.807, 2.05) is 24.3 Å². The predicted molar refractivity (Wildman–Crippen MR) is 103 cm³/mol. The second-order valence-electron chi connectivity index (χ2n) is 6.90. The Balaban J connectivity index is 1.88. The third kappa shape index (κ3) is 2.93. The summed E-state index contributed by atoms with van der Waals surface area (Å²) in [4.78, 5) is 12.8. The highest BCUT2D eigenvalue weighted by Crippen LogP contribution is 2.41. The molecule has 2 aliphatic rings. The van der Waals surface area contributed by atoms with E-state index in [9.17, 15) is 4.79 Å². The van der Waals surface area contributed by atoms with Gasteiger partial charge in [0.25, 0.3) is 0 Å². The smallest absolute Gasteiger partial charge is 0.163 e. The van der Waals surface area contributed by atoms with E-state index >= 15 is 0 Å². The van der Waals surface area contributed by atoms with Crippen LogP contribution in [0.25, 0.3) is 0 Å². The zero-order valence-corrected chi connectivity index (χ0v) is 15.2. The Morgan fingerprint density at radius 3 is 2.40 bits per heavy atom. The van der Waals surface area contributed by atoms with Gasteiger partial charge in [-0.15, -0.1) is 0 Å². The van der Waals surface area contributed by atoms with Gasteiger partial charge < -0.3 is 10.6 Å². The zero-order chi connectivity index (χ0) is 17.6. The number of hydrogen-bond acceptors (Lipinski definition) is 3. The molecule has 1 heterocycles. The molecule has 2 N–H and O–H groups in total. The molecular formula is C21H21ClN2O. The van der Waals surface area contributed by atoms with Gasteiger partial charge in [0.15, 0.2) is 5.78 Å². The van der Waals surface area contributed by atoms with E-state index in [0.717, 1.165) is 41.1 Å². The minimum atomic E-state index is -0.157. The molecule has 1 aliphatic heterocycles. The molecule has 4 rings (SSSR count). The lowest BCUT2D eigenvalue weighted by atomic mass is 9.87. The Morgan fingerprint density at radius 1 is 1.00 bits per heavy atom. The molecule has 4 heteroatoms. The number of ketones is 1. The number of nitrogens with one attached hydrogen (secondary N) is 2. The minimum Gasteiger partial charge on any atom is -0.372 e. The third-order valence-corrected chi connectivity index (χ3v) is 5.42. The van der Waals surface area contributed by atoms with Crippen LogP contribution in [-0.2, 0) is 4.79 Å². The highest BCUT2D eigenvalue weighted by Gasteiger charge is 2.32. The number of benzene rings is 2. The Kier molecular flexibility index (Phi) is 4.04. The van der Waals surface area contributed by atoms with E-state index in [-0.39, 0.29) is 11.8 Å². The van der Waals surface area contributed by atoms with Crippen LogP contribution in [0.3, 0.4) is 0 Å². The number of halogens is 1. The monoisotopic (exact) mass is 352 g/mol. The molecule has 25 heavy (non-hydrogen) atoms. The van der Waals surface area contributed by atoms with Crippen molar-refractivity contribution in [2.24, 2.45) is 0 Å². The first kappa shape index (κ1) is 16.2. The predicted octanol–water partition coefficient (Wildman–Crippen LogP) is 5.54. The lowest BCUT2D eigenvalue weighted by Gasteiger charge is -2.25. The maximum absolute atomic E-state index is 12.8. The van der Waals surface area contributed by atoms with Gasteiger partial charge in [-0.25, -0.2) is 0 Å². The molecule has 128 valence electrons. The van der Waals surface area contributed by atoms with Crippen molar-refractivity contribution >= 4 is 28.8 Å². The summed E-state index contributed by atoms with van der Waals surface area (Å²) >= 11 is 6.06. The molecule has 0 spiro atoms. The molecule has 1 aliphatic carbocycles. The van der Waals surface area contributed by atoms with Gasteiger partial charge in [-0.1, -0.05) is 23.7 Å². The summed E-state index contributed by atoms with van der Waals surface area (Å²) in [6.45, 7) is 4.22. The Labute approximate surface area is 153 Å². The minimum absolute atomic E-state index is 0.157. The first-order valence-corrected chi connectivity index (χ1v) is 9.07. The molecule has 0 amide bonds. The van der Waals surface area contributed by atoms with Crippen LogP contribution in [0.2, 0.25) is 5.02 Å². The fourth-order valence-electron chi connectivity index (χ4n) is 3.66. The molecule has 0 radical (unpaired) electrons. The van der Waals surface area contributed by atoms with Crippen LogP contribution in [0.5, 0.6) is 0 Å². The molecule has 0 fully saturated rings. The van der Waals surface area contributed by atoms with Crippen molar-refractivity contribution in [3.05, 3.63) is 69.4 Å². The van der Waals surface area contributed by atoms with Gasteiger partial charge in [0, 0.05) is 22.7 Å². The summed E-state index contributed by atoms with van der Waals surface area (Å²) < 4.78 is 0. The highest BCUT2D eigenvalue weighted by molar-refractivity contribution is 6.30. The number of Topliss-reactive ketones (excluding diaryl/α,β-unsaturated/α-hetero) is 1. The number of aryl methyl sites for hydroxylation is 2. The second kappa shape index (κ2) is 6.23. The summed E-state index contributed by atoms with van der Waals surface area (Å²) in [5.74, 6) is 0.224. The van der Waals surface area contributed by atoms with Crippen molar-refractivity contribution in [3.8, 4) is 0 Å². The number of hydrogen-bond donors (Lipinski definition) is 2. The van der Waals surface area contributed by atoms with Gasteiger partial charge in [-0.2, -0.15) is 0 Å². The number of allylic oxidation sites excluding steroid dienone is 1. The molecule has 0 bridgehead atoms. The number of rotatable bonds is 1. The lowest BCUT2D eigenvalue weighted by Crippen LogP contribution is -2.23. The van der Waals surface area contributed by atoms with Crippen molar-refractivity contribution in [1.82, 2.24) is 0 Å². The number of anilines is 2. The van der Waals surface area contributed by atoms with Crippen molar-refractivity contribution < 1.29 is 4.79 Å². The maximum atomic E-state index is 12.8. The van der Waals surface area contributed by atoms with E-state index in [1.54, 1.807) is 0 Å². The van der Waals surface area contributed by atoms with E-state index < -0.39 is 0 Å². The van der Waals surface area contributed by atoms with Crippen LogP contribution in [-0.4, -0.2) is 5.78 Å². The van der Waals surface area contributed by atoms with Crippen LogP contribution in [0, 0.1) is 13.8 Å². The molecule has 2 aromatic carbocycles. The molecule has 0 aromatic heterocycles. The normalized spacial score (nSPS) is 19.5. The van der Waals surface area contributed by atoms with Gasteiger partial charge in [-0.05, 0) is 67.6 Å². The van der Waals surface area contributed by atoms with E-state index in [4.69, 9.17) is 11.6 Å². The van der Waals surface area contributed by atoms with Gasteiger partial charge in [0.1, 0.15) is 0 Å². The fourth-order valence-corrected chi connectivity index (χ4v) is 3.79. The highest BCUT2D eigenvalue weighted by atomic mass is 35.5. The van der Waals surface area contributed by atoms with Crippen LogP contribution in [0.1, 0.15) is 42.0 Å². The topological polar surface area (TPSA) is 41.1 Å². The zero-order valence-electron chi connectivity index (χ0n) is 14.4. The van der Waals surface area contributed by atoms with Crippen molar-refractivity contribution in [2.75, 3.05) is 10.6 Å². The van der Waals surface area contributed by atoms with Gasteiger partial charge in [-0.3, -0.25) is 4.79 Å². The average molecular weight is 353 g/mol. The van der Waals surface area contributed by atoms with Crippen molar-refractivity contribution in [1.29, 1.82) is 0 Å². The SMILES string of the molecule is Cc1cc2c(cc1C)NC(c1ccc(Cl)cc1)C1=C(CCCC1=O)N2. The van der Waals surface area contributed by atoms with Crippen LogP contribution in [0.15, 0.2) is 47.7 Å². The number of fused-ring (bicyclic) bond motifs is 1. The van der Waals surface area contributed by atoms with Gasteiger partial charge in [0.2, 0.25) is 0 Å². The van der Waals surface area contributed by atoms with Crippen LogP contribution >= 0.6 is 11.6 Å². The number of carbonyl (C=O) groups excluding carboxylic acids is 1. The maximum Gasteiger partial charge on any atom is 0.163 e. The first-order valence-electron chi connectivity index (χ1n) is 8.69. The lowest BCUT2D eigenvalue weighted by molar-refractivity contribution is -0.116. The summed E-state index contributed by atoms with van der Waals surface area (Å²) in [7, 11) is 0. The van der Waals surface area contributed by atoms with Gasteiger partial charge in [0.05, 0.1) is 17.4 Å². The Hall–Kier alpha value is -2.26. The third-order valence-electron chi connectivity index (χ3n) is 5.17. The summed E-state index contributed by atoms with van der Waals surface area (Å²) in [5, 5.41) is 7.85. The standard InChI is InChI=1S/C21H21ClN2O/c1-12-10-17-18(11-13(12)2)24-21(14-6-8-15(22)9-7-14)20-16(23-17)4-3-5-19(20)25/h6-11,21,23-24H,3-5H2,1-2H3. The number of carbonyl (C=O) groups is 1. The van der Waals surface area contributed by atoms with E-state index in [0.29, 0.717) is 11.4 Å². The molecular weight excluding hydrogens is 332 g/mol. The van der Waals surface area contributed by atoms with E-state index in [1.165, 1.54) is 11.1 Å². The molecule has 2 aromatic rings. The largest absolute Gasteiger partial charge is 0.372 e. The van der Waals surface area contributed by atoms with E-state index in [2.05, 4.69) is 36.6 Å². The van der Waals surface area contributed by atoms with Crippen LogP contribution < -0.4 is 10.6 Å². The second-order valence-corrected chi connectivity index (χ2v) is 7.34. The molecule has 0 saturated carbocycles. The Bertz CT molecular complexity index is 884. The summed E-state index contributed by atoms with van der Waals surface area (Å²) in [6.07, 6.45) is 2.41. The summed E-state index contributed by atoms with van der Waals surface area (Å²) in [6, 6.07) is 11.9. The van der Waals surface area contributed by atoms with Gasteiger partial charge >= 0.3 is 0 Å². The first-order chi connectivity index (χ1) is 12.0. The average Bonchev–Trinajstić information content (AvgIpc) is 2.74. The fraction of sp³-hybridized carbons (Fsp3) is 0.286.